The first-order valence-corrected chi connectivity index (χ1v) is 9.20. The Hall–Kier alpha value is -2.87. The van der Waals surface area contributed by atoms with Crippen LogP contribution in [-0.2, 0) is 14.4 Å². The number of carbonyl (C=O) groups is 2. The average molecular weight is 429 g/mol. The van der Waals surface area contributed by atoms with E-state index in [1.165, 1.54) is 0 Å². The Morgan fingerprint density at radius 1 is 0.963 bits per heavy atom. The summed E-state index contributed by atoms with van der Waals surface area (Å²) in [5.41, 5.74) is 1.64. The number of fused-ring (bicyclic) bond motifs is 2. The molecule has 3 aliphatic heterocycles. The maximum Gasteiger partial charge on any atom is 0.278 e. The summed E-state index contributed by atoms with van der Waals surface area (Å²) >= 11 is 3.38. The van der Waals surface area contributed by atoms with Gasteiger partial charge in [0.1, 0.15) is 24.8 Å². The molecule has 2 aromatic carbocycles. The lowest BCUT2D eigenvalue weighted by atomic mass is 9.94. The molecule has 27 heavy (non-hydrogen) atoms. The quantitative estimate of drug-likeness (QED) is 0.686. The number of hydrogen-bond donors (Lipinski definition) is 0. The minimum atomic E-state index is -0.940. The predicted molar refractivity (Wildman–Crippen MR) is 99.0 cm³/mol. The molecule has 2 amide bonds. The molecule has 2 atom stereocenters. The molecule has 0 bridgehead atoms. The molecule has 0 aliphatic carbocycles. The number of carbonyl (C=O) groups excluding carboxylic acids is 2. The van der Waals surface area contributed by atoms with Crippen molar-refractivity contribution in [3.8, 4) is 11.5 Å². The second kappa shape index (κ2) is 6.09. The zero-order valence-electron chi connectivity index (χ0n) is 13.9. The first-order chi connectivity index (χ1) is 13.1. The molecular formula is C19H13BrN2O5. The minimum absolute atomic E-state index is 0.360. The van der Waals surface area contributed by atoms with Crippen LogP contribution in [0.25, 0.3) is 0 Å². The van der Waals surface area contributed by atoms with Crippen molar-refractivity contribution in [1.29, 1.82) is 0 Å². The Labute approximate surface area is 162 Å². The van der Waals surface area contributed by atoms with Crippen molar-refractivity contribution in [2.75, 3.05) is 18.1 Å². The summed E-state index contributed by atoms with van der Waals surface area (Å²) in [6, 6.07) is 12.4. The van der Waals surface area contributed by atoms with Gasteiger partial charge in [0, 0.05) is 16.1 Å². The van der Waals surface area contributed by atoms with Gasteiger partial charge >= 0.3 is 0 Å². The summed E-state index contributed by atoms with van der Waals surface area (Å²) in [6.07, 6.45) is -0.940. The van der Waals surface area contributed by atoms with Gasteiger partial charge in [-0.1, -0.05) is 33.2 Å². The van der Waals surface area contributed by atoms with Crippen LogP contribution in [0.5, 0.6) is 11.5 Å². The monoisotopic (exact) mass is 428 g/mol. The molecular weight excluding hydrogens is 416 g/mol. The first kappa shape index (κ1) is 16.3. The van der Waals surface area contributed by atoms with Crippen LogP contribution < -0.4 is 14.4 Å². The van der Waals surface area contributed by atoms with E-state index < -0.39 is 17.9 Å². The van der Waals surface area contributed by atoms with E-state index in [9.17, 15) is 9.59 Å². The smallest absolute Gasteiger partial charge is 0.278 e. The van der Waals surface area contributed by atoms with Crippen molar-refractivity contribution in [3.63, 3.8) is 0 Å². The summed E-state index contributed by atoms with van der Waals surface area (Å²) in [5, 5.41) is 4.01. The van der Waals surface area contributed by atoms with E-state index in [1.54, 1.807) is 18.2 Å². The maximum atomic E-state index is 13.1. The largest absolute Gasteiger partial charge is 0.486 e. The van der Waals surface area contributed by atoms with Crippen LogP contribution in [0.2, 0.25) is 0 Å². The van der Waals surface area contributed by atoms with Crippen LogP contribution in [0.1, 0.15) is 5.56 Å². The highest BCUT2D eigenvalue weighted by atomic mass is 79.9. The molecule has 3 heterocycles. The van der Waals surface area contributed by atoms with E-state index in [0.717, 1.165) is 14.9 Å². The van der Waals surface area contributed by atoms with E-state index in [-0.39, 0.29) is 5.91 Å². The van der Waals surface area contributed by atoms with E-state index in [1.807, 2.05) is 24.3 Å². The third-order valence-electron chi connectivity index (χ3n) is 4.74. The average Bonchev–Trinajstić information content (AvgIpc) is 3.23. The second-order valence-corrected chi connectivity index (χ2v) is 7.24. The fraction of sp³-hybridized carbons (Fsp3) is 0.211. The Bertz CT molecular complexity index is 988. The van der Waals surface area contributed by atoms with Crippen molar-refractivity contribution in [1.82, 2.24) is 0 Å². The molecule has 0 unspecified atom stereocenters. The number of oxime groups is 1. The number of hydrogen-bond acceptors (Lipinski definition) is 6. The lowest BCUT2D eigenvalue weighted by Gasteiger charge is -2.21. The summed E-state index contributed by atoms with van der Waals surface area (Å²) in [6.45, 7) is 0.895. The SMILES string of the molecule is O=C1[C@@H]2C(c3ccc(Br)cc3)=NO[C@@H]2C(=O)N1c1ccc2c(c1)OCCO2. The molecule has 0 aromatic heterocycles. The van der Waals surface area contributed by atoms with Crippen LogP contribution in [-0.4, -0.2) is 36.8 Å². The van der Waals surface area contributed by atoms with Gasteiger partial charge in [-0.3, -0.25) is 9.59 Å². The van der Waals surface area contributed by atoms with E-state index in [2.05, 4.69) is 21.1 Å². The minimum Gasteiger partial charge on any atom is -0.486 e. The summed E-state index contributed by atoms with van der Waals surface area (Å²) in [7, 11) is 0. The molecule has 0 N–H and O–H groups in total. The second-order valence-electron chi connectivity index (χ2n) is 6.33. The number of anilines is 1. The normalized spacial score (nSPS) is 23.1. The molecule has 0 saturated carbocycles. The van der Waals surface area contributed by atoms with E-state index in [0.29, 0.717) is 36.1 Å². The fourth-order valence-electron chi connectivity index (χ4n) is 3.46. The van der Waals surface area contributed by atoms with Crippen LogP contribution in [0, 0.1) is 5.92 Å². The van der Waals surface area contributed by atoms with Gasteiger partial charge in [0.05, 0.1) is 5.69 Å². The Morgan fingerprint density at radius 2 is 1.70 bits per heavy atom. The van der Waals surface area contributed by atoms with Gasteiger partial charge in [0.25, 0.3) is 5.91 Å². The lowest BCUT2D eigenvalue weighted by Crippen LogP contribution is -2.33. The fourth-order valence-corrected chi connectivity index (χ4v) is 3.73. The molecule has 3 aliphatic rings. The number of ether oxygens (including phenoxy) is 2. The Balaban J connectivity index is 1.49. The number of imide groups is 1. The Morgan fingerprint density at radius 3 is 2.48 bits per heavy atom. The highest BCUT2D eigenvalue weighted by molar-refractivity contribution is 9.10. The maximum absolute atomic E-state index is 13.1. The number of benzene rings is 2. The van der Waals surface area contributed by atoms with E-state index in [4.69, 9.17) is 14.3 Å². The molecule has 7 nitrogen and oxygen atoms in total. The highest BCUT2D eigenvalue weighted by Crippen LogP contribution is 2.39. The van der Waals surface area contributed by atoms with Crippen molar-refractivity contribution in [2.24, 2.45) is 11.1 Å². The molecule has 0 radical (unpaired) electrons. The molecule has 0 spiro atoms. The molecule has 1 fully saturated rings. The molecule has 136 valence electrons. The van der Waals surface area contributed by atoms with Gasteiger partial charge in [0.15, 0.2) is 11.5 Å². The van der Waals surface area contributed by atoms with Gasteiger partial charge < -0.3 is 14.3 Å². The first-order valence-electron chi connectivity index (χ1n) is 8.40. The topological polar surface area (TPSA) is 77.4 Å². The molecule has 2 aromatic rings. The predicted octanol–water partition coefficient (Wildman–Crippen LogP) is 2.51. The lowest BCUT2D eigenvalue weighted by molar-refractivity contribution is -0.126. The summed E-state index contributed by atoms with van der Waals surface area (Å²) < 4.78 is 12.0. The molecule has 8 heteroatoms. The summed E-state index contributed by atoms with van der Waals surface area (Å²) in [5.74, 6) is -0.443. The summed E-state index contributed by atoms with van der Waals surface area (Å²) in [4.78, 5) is 32.4. The van der Waals surface area contributed by atoms with Gasteiger partial charge in [-0.05, 0) is 24.3 Å². The van der Waals surface area contributed by atoms with Crippen LogP contribution in [0.15, 0.2) is 52.1 Å². The van der Waals surface area contributed by atoms with Crippen molar-refractivity contribution in [2.45, 2.75) is 6.10 Å². The molecule has 1 saturated heterocycles. The van der Waals surface area contributed by atoms with Crippen LogP contribution in [0.3, 0.4) is 0 Å². The van der Waals surface area contributed by atoms with Crippen molar-refractivity contribution in [3.05, 3.63) is 52.5 Å². The Kier molecular flexibility index (Phi) is 3.68. The third-order valence-corrected chi connectivity index (χ3v) is 5.26. The highest BCUT2D eigenvalue weighted by Gasteiger charge is 2.56. The van der Waals surface area contributed by atoms with E-state index >= 15 is 0 Å². The van der Waals surface area contributed by atoms with Crippen LogP contribution in [0.4, 0.5) is 5.69 Å². The number of amides is 2. The third kappa shape index (κ3) is 2.51. The van der Waals surface area contributed by atoms with Gasteiger partial charge in [-0.2, -0.15) is 0 Å². The van der Waals surface area contributed by atoms with Gasteiger partial charge in [0.2, 0.25) is 12.0 Å². The van der Waals surface area contributed by atoms with Gasteiger partial charge in [-0.15, -0.1) is 0 Å². The standard InChI is InChI=1S/C19H13BrN2O5/c20-11-3-1-10(2-4-11)16-15-17(27-21-16)19(24)22(18(15)23)12-5-6-13-14(9-12)26-8-7-25-13/h1-6,9,15,17H,7-8H2/t15-,17+/m1/s1. The van der Waals surface area contributed by atoms with Gasteiger partial charge in [-0.25, -0.2) is 4.90 Å². The zero-order chi connectivity index (χ0) is 18.5. The number of halogens is 1. The molecule has 5 rings (SSSR count). The number of rotatable bonds is 2. The van der Waals surface area contributed by atoms with Crippen LogP contribution >= 0.6 is 15.9 Å². The van der Waals surface area contributed by atoms with Crippen molar-refractivity contribution < 1.29 is 23.9 Å². The number of nitrogens with zero attached hydrogens (tertiary/aromatic N) is 2. The van der Waals surface area contributed by atoms with Crippen molar-refractivity contribution >= 4 is 39.1 Å². The zero-order valence-corrected chi connectivity index (χ0v) is 15.5.